The summed E-state index contributed by atoms with van der Waals surface area (Å²) in [4.78, 5) is 28.7. The first kappa shape index (κ1) is 31.6. The average molecular weight is 584 g/mol. The Kier molecular flexibility index (Phi) is 10.9. The second-order valence-corrected chi connectivity index (χ2v) is 11.8. The van der Waals surface area contributed by atoms with Crippen molar-refractivity contribution in [2.75, 3.05) is 18.0 Å². The maximum Gasteiger partial charge on any atom is 0.264 e. The number of aryl methyl sites for hydroxylation is 1. The normalized spacial score (nSPS) is 12.7. The first-order chi connectivity index (χ1) is 19.5. The number of nitrogens with zero attached hydrogens (tertiary/aromatic N) is 2. The highest BCUT2D eigenvalue weighted by atomic mass is 32.2. The fourth-order valence-electron chi connectivity index (χ4n) is 4.26. The molecule has 0 aromatic heterocycles. The molecular formula is C31H38FN3O5S. The van der Waals surface area contributed by atoms with E-state index in [2.05, 4.69) is 5.32 Å². The third-order valence-electron chi connectivity index (χ3n) is 6.90. The van der Waals surface area contributed by atoms with Crippen molar-refractivity contribution >= 4 is 27.5 Å². The zero-order valence-electron chi connectivity index (χ0n) is 24.1. The van der Waals surface area contributed by atoms with Crippen molar-refractivity contribution in [3.63, 3.8) is 0 Å². The summed E-state index contributed by atoms with van der Waals surface area (Å²) in [5.74, 6) is -0.960. The fraction of sp³-hybridized carbons (Fsp3) is 0.355. The van der Waals surface area contributed by atoms with Gasteiger partial charge in [0.2, 0.25) is 11.8 Å². The number of amides is 2. The van der Waals surface area contributed by atoms with E-state index in [1.807, 2.05) is 52.0 Å². The number of nitrogens with one attached hydrogen (secondary N) is 1. The van der Waals surface area contributed by atoms with Gasteiger partial charge in [-0.1, -0.05) is 43.7 Å². The van der Waals surface area contributed by atoms with E-state index in [1.54, 1.807) is 0 Å². The van der Waals surface area contributed by atoms with E-state index < -0.39 is 34.3 Å². The Morgan fingerprint density at radius 2 is 1.54 bits per heavy atom. The second kappa shape index (κ2) is 14.1. The van der Waals surface area contributed by atoms with Gasteiger partial charge in [0.15, 0.2) is 0 Å². The van der Waals surface area contributed by atoms with Crippen molar-refractivity contribution < 1.29 is 27.1 Å². The van der Waals surface area contributed by atoms with Gasteiger partial charge in [0.1, 0.15) is 24.2 Å². The highest BCUT2D eigenvalue weighted by molar-refractivity contribution is 7.92. The molecule has 0 radical (unpaired) electrons. The largest absolute Gasteiger partial charge is 0.497 e. The Labute approximate surface area is 242 Å². The molecule has 0 aliphatic carbocycles. The summed E-state index contributed by atoms with van der Waals surface area (Å²) in [5.41, 5.74) is 1.95. The molecule has 0 saturated heterocycles. The molecule has 3 rings (SSSR count). The van der Waals surface area contributed by atoms with Crippen LogP contribution in [0.3, 0.4) is 0 Å². The number of rotatable bonds is 13. The van der Waals surface area contributed by atoms with Crippen LogP contribution in [0, 0.1) is 12.7 Å². The van der Waals surface area contributed by atoms with E-state index in [0.717, 1.165) is 27.6 Å². The lowest BCUT2D eigenvalue weighted by Crippen LogP contribution is -2.53. The molecule has 8 nitrogen and oxygen atoms in total. The molecule has 2 amide bonds. The second-order valence-electron chi connectivity index (χ2n) is 9.91. The van der Waals surface area contributed by atoms with Crippen LogP contribution in [0.1, 0.15) is 44.7 Å². The van der Waals surface area contributed by atoms with Crippen LogP contribution in [0.5, 0.6) is 5.75 Å². The van der Waals surface area contributed by atoms with Crippen LogP contribution >= 0.6 is 0 Å². The molecule has 3 aromatic carbocycles. The Hall–Kier alpha value is -3.92. The molecule has 0 aliphatic heterocycles. The predicted octanol–water partition coefficient (Wildman–Crippen LogP) is 5.06. The summed E-state index contributed by atoms with van der Waals surface area (Å²) in [6, 6.07) is 17.3. The fourth-order valence-corrected chi connectivity index (χ4v) is 5.68. The third-order valence-corrected chi connectivity index (χ3v) is 8.69. The highest BCUT2D eigenvalue weighted by Crippen LogP contribution is 2.26. The summed E-state index contributed by atoms with van der Waals surface area (Å²) in [7, 11) is -2.80. The SMILES string of the molecule is CC[C@@H](C)NC(=O)[C@@H](CC)N(Cc1ccc(C)cc1)C(=O)CN(c1ccc(F)cc1)S(=O)(=O)c1ccc(OC)cc1. The van der Waals surface area contributed by atoms with Gasteiger partial charge < -0.3 is 15.0 Å². The van der Waals surface area contributed by atoms with Crippen molar-refractivity contribution in [1.29, 1.82) is 0 Å². The molecule has 0 aliphatic rings. The van der Waals surface area contributed by atoms with Crippen LogP contribution in [0.25, 0.3) is 0 Å². The molecule has 0 unspecified atom stereocenters. The molecule has 10 heteroatoms. The van der Waals surface area contributed by atoms with E-state index in [0.29, 0.717) is 18.6 Å². The number of hydrogen-bond acceptors (Lipinski definition) is 5. The van der Waals surface area contributed by atoms with Gasteiger partial charge in [-0.15, -0.1) is 0 Å². The van der Waals surface area contributed by atoms with Crippen molar-refractivity contribution in [3.8, 4) is 5.75 Å². The van der Waals surface area contributed by atoms with E-state index in [4.69, 9.17) is 4.74 Å². The highest BCUT2D eigenvalue weighted by Gasteiger charge is 2.34. The van der Waals surface area contributed by atoms with Crippen molar-refractivity contribution in [2.24, 2.45) is 0 Å². The maximum absolute atomic E-state index is 14.0. The number of methoxy groups -OCH3 is 1. The monoisotopic (exact) mass is 583 g/mol. The minimum atomic E-state index is -4.27. The lowest BCUT2D eigenvalue weighted by Gasteiger charge is -2.33. The quantitative estimate of drug-likeness (QED) is 0.304. The van der Waals surface area contributed by atoms with E-state index in [-0.39, 0.29) is 29.1 Å². The molecule has 3 aromatic rings. The molecule has 2 atom stereocenters. The van der Waals surface area contributed by atoms with Gasteiger partial charge in [-0.05, 0) is 80.8 Å². The first-order valence-corrected chi connectivity index (χ1v) is 15.0. The smallest absolute Gasteiger partial charge is 0.264 e. The number of hydrogen-bond donors (Lipinski definition) is 1. The van der Waals surface area contributed by atoms with Crippen molar-refractivity contribution in [2.45, 2.75) is 64.1 Å². The predicted molar refractivity (Wildman–Crippen MR) is 158 cm³/mol. The lowest BCUT2D eigenvalue weighted by molar-refractivity contribution is -0.140. The van der Waals surface area contributed by atoms with Gasteiger partial charge in [0.05, 0.1) is 17.7 Å². The number of halogens is 1. The minimum absolute atomic E-state index is 0.0675. The van der Waals surface area contributed by atoms with Crippen LogP contribution in [-0.4, -0.2) is 50.9 Å². The number of carbonyl (C=O) groups is 2. The van der Waals surface area contributed by atoms with Crippen LogP contribution < -0.4 is 14.4 Å². The van der Waals surface area contributed by atoms with Crippen LogP contribution in [0.4, 0.5) is 10.1 Å². The number of anilines is 1. The summed E-state index contributed by atoms with van der Waals surface area (Å²) in [6.07, 6.45) is 1.04. The number of benzene rings is 3. The van der Waals surface area contributed by atoms with E-state index in [9.17, 15) is 22.4 Å². The molecule has 1 N–H and O–H groups in total. The van der Waals surface area contributed by atoms with Gasteiger partial charge in [0, 0.05) is 12.6 Å². The van der Waals surface area contributed by atoms with E-state index >= 15 is 0 Å². The Balaban J connectivity index is 2.05. The van der Waals surface area contributed by atoms with Crippen LogP contribution in [0.2, 0.25) is 0 Å². The Morgan fingerprint density at radius 3 is 2.07 bits per heavy atom. The molecule has 220 valence electrons. The van der Waals surface area contributed by atoms with Gasteiger partial charge >= 0.3 is 0 Å². The average Bonchev–Trinajstić information content (AvgIpc) is 2.97. The molecule has 0 spiro atoms. The molecule has 0 heterocycles. The summed E-state index contributed by atoms with van der Waals surface area (Å²) in [6.45, 7) is 7.10. The zero-order chi connectivity index (χ0) is 30.2. The standard InChI is InChI=1S/C31H38FN3O5S/c1-6-23(4)33-31(37)29(7-2)34(20-24-10-8-22(3)9-11-24)30(36)21-35(26-14-12-25(32)13-15-26)41(38,39)28-18-16-27(40-5)17-19-28/h8-19,23,29H,6-7,20-21H2,1-5H3,(H,33,37)/t23-,29-/m1/s1. The van der Waals surface area contributed by atoms with Crippen molar-refractivity contribution in [1.82, 2.24) is 10.2 Å². The third kappa shape index (κ3) is 8.07. The summed E-state index contributed by atoms with van der Waals surface area (Å²) >= 11 is 0. The molecular weight excluding hydrogens is 545 g/mol. The summed E-state index contributed by atoms with van der Waals surface area (Å²) < 4.78 is 47.6. The van der Waals surface area contributed by atoms with Gasteiger partial charge in [-0.2, -0.15) is 0 Å². The minimum Gasteiger partial charge on any atom is -0.497 e. The molecule has 0 bridgehead atoms. The Bertz CT molecular complexity index is 1410. The van der Waals surface area contributed by atoms with Crippen LogP contribution in [0.15, 0.2) is 77.7 Å². The Morgan fingerprint density at radius 1 is 0.927 bits per heavy atom. The number of ether oxygens (including phenoxy) is 1. The summed E-state index contributed by atoms with van der Waals surface area (Å²) in [5, 5.41) is 2.95. The maximum atomic E-state index is 14.0. The molecule has 0 fully saturated rings. The lowest BCUT2D eigenvalue weighted by atomic mass is 10.1. The van der Waals surface area contributed by atoms with Crippen molar-refractivity contribution in [3.05, 3.63) is 89.7 Å². The van der Waals surface area contributed by atoms with Gasteiger partial charge in [-0.25, -0.2) is 12.8 Å². The molecule has 41 heavy (non-hydrogen) atoms. The van der Waals surface area contributed by atoms with E-state index in [1.165, 1.54) is 48.4 Å². The van der Waals surface area contributed by atoms with Gasteiger partial charge in [-0.3, -0.25) is 13.9 Å². The zero-order valence-corrected chi connectivity index (χ0v) is 24.9. The number of carbonyl (C=O) groups excluding carboxylic acids is 2. The first-order valence-electron chi connectivity index (χ1n) is 13.6. The number of sulfonamides is 1. The molecule has 0 saturated carbocycles. The topological polar surface area (TPSA) is 96.0 Å². The van der Waals surface area contributed by atoms with Gasteiger partial charge in [0.25, 0.3) is 10.0 Å². The van der Waals surface area contributed by atoms with Crippen LogP contribution in [-0.2, 0) is 26.2 Å².